The first-order chi connectivity index (χ1) is 28.0. The van der Waals surface area contributed by atoms with Gasteiger partial charge in [0.15, 0.2) is 5.84 Å². The van der Waals surface area contributed by atoms with Crippen molar-refractivity contribution in [3.05, 3.63) is 231 Å². The molecule has 4 heteroatoms. The molecule has 0 saturated carbocycles. The molecule has 0 saturated heterocycles. The van der Waals surface area contributed by atoms with Gasteiger partial charge in [0.05, 0.1) is 0 Å². The van der Waals surface area contributed by atoms with Crippen LogP contribution in [0.25, 0.3) is 38.9 Å². The number of rotatable bonds is 9. The minimum absolute atomic E-state index is 0.364. The van der Waals surface area contributed by atoms with Crippen LogP contribution in [0.2, 0.25) is 0 Å². The Morgan fingerprint density at radius 3 is 2.35 bits per heavy atom. The molecule has 5 aromatic carbocycles. The first-order valence-electron chi connectivity index (χ1n) is 19.6. The lowest BCUT2D eigenvalue weighted by atomic mass is 9.85. The molecular formula is C53H43N3S. The molecule has 1 atom stereocenters. The van der Waals surface area contributed by atoms with Crippen molar-refractivity contribution in [1.29, 1.82) is 0 Å². The van der Waals surface area contributed by atoms with Gasteiger partial charge in [0.2, 0.25) is 0 Å². The highest BCUT2D eigenvalue weighted by molar-refractivity contribution is 7.19. The number of nitrogens with zero attached hydrogens (tertiary/aromatic N) is 2. The lowest BCUT2D eigenvalue weighted by Gasteiger charge is -2.29. The number of amidine groups is 2. The van der Waals surface area contributed by atoms with Crippen LogP contribution in [0.4, 0.5) is 0 Å². The topological polar surface area (TPSA) is 36.8 Å². The molecule has 3 nitrogen and oxygen atoms in total. The summed E-state index contributed by atoms with van der Waals surface area (Å²) in [7, 11) is 0. The van der Waals surface area contributed by atoms with Gasteiger partial charge in [0, 0.05) is 31.7 Å². The molecule has 0 radical (unpaired) electrons. The third kappa shape index (κ3) is 7.28. The first kappa shape index (κ1) is 36.0. The van der Waals surface area contributed by atoms with E-state index in [0.29, 0.717) is 0 Å². The van der Waals surface area contributed by atoms with Gasteiger partial charge in [-0.3, -0.25) is 0 Å². The summed E-state index contributed by atoms with van der Waals surface area (Å²) < 4.78 is 1.25. The Kier molecular flexibility index (Phi) is 10.0. The Morgan fingerprint density at radius 1 is 0.807 bits per heavy atom. The van der Waals surface area contributed by atoms with Crippen molar-refractivity contribution in [3.8, 4) is 11.1 Å². The monoisotopic (exact) mass is 753 g/mol. The number of hydrogen-bond donors (Lipinski definition) is 1. The SMILES string of the molecule is C=C/C=C\C(=Cc1cccc(-c2ccccc2)c1)C1=Cc2c(sc3cccc(C4=NC(C5=C(c6ccccc6C)C(=C)CC=C5)NC(c5ccccc5)=N4)c23)CC1. The second-order valence-corrected chi connectivity index (χ2v) is 15.8. The summed E-state index contributed by atoms with van der Waals surface area (Å²) >= 11 is 1.89. The summed E-state index contributed by atoms with van der Waals surface area (Å²) in [5.74, 6) is 1.53. The summed E-state index contributed by atoms with van der Waals surface area (Å²) in [5.41, 5.74) is 15.2. The molecule has 1 aliphatic heterocycles. The number of nitrogens with one attached hydrogen (secondary N) is 1. The predicted octanol–water partition coefficient (Wildman–Crippen LogP) is 13.1. The zero-order valence-corrected chi connectivity index (χ0v) is 32.9. The molecule has 1 unspecified atom stereocenters. The molecule has 276 valence electrons. The average molecular weight is 754 g/mol. The fraction of sp³-hybridized carbons (Fsp3) is 0.0943. The summed E-state index contributed by atoms with van der Waals surface area (Å²) in [6.45, 7) is 10.7. The molecule has 6 aromatic rings. The smallest absolute Gasteiger partial charge is 0.160 e. The molecule has 3 aliphatic rings. The fourth-order valence-corrected chi connectivity index (χ4v) is 9.33. The van der Waals surface area contributed by atoms with E-state index in [1.165, 1.54) is 59.5 Å². The largest absolute Gasteiger partial charge is 0.344 e. The van der Waals surface area contributed by atoms with E-state index in [9.17, 15) is 0 Å². The van der Waals surface area contributed by atoms with E-state index >= 15 is 0 Å². The van der Waals surface area contributed by atoms with Crippen molar-refractivity contribution in [2.45, 2.75) is 32.4 Å². The van der Waals surface area contributed by atoms with E-state index in [1.807, 2.05) is 29.6 Å². The Hall–Kier alpha value is -6.62. The molecule has 0 spiro atoms. The van der Waals surface area contributed by atoms with Crippen LogP contribution >= 0.6 is 11.3 Å². The molecule has 57 heavy (non-hydrogen) atoms. The number of aliphatic imine (C=N–C) groups is 2. The number of benzene rings is 5. The van der Waals surface area contributed by atoms with Crippen molar-refractivity contribution in [2.24, 2.45) is 9.98 Å². The van der Waals surface area contributed by atoms with E-state index in [4.69, 9.17) is 9.98 Å². The maximum atomic E-state index is 5.47. The molecule has 2 heterocycles. The van der Waals surface area contributed by atoms with Crippen molar-refractivity contribution in [3.63, 3.8) is 0 Å². The van der Waals surface area contributed by atoms with Gasteiger partial charge in [-0.25, -0.2) is 9.98 Å². The highest BCUT2D eigenvalue weighted by atomic mass is 32.1. The number of thiophene rings is 1. The van der Waals surface area contributed by atoms with Crippen LogP contribution in [0.5, 0.6) is 0 Å². The second kappa shape index (κ2) is 15.9. The van der Waals surface area contributed by atoms with Crippen molar-refractivity contribution < 1.29 is 0 Å². The third-order valence-corrected chi connectivity index (χ3v) is 12.1. The Bertz CT molecular complexity index is 2770. The molecule has 1 N–H and O–H groups in total. The normalized spacial score (nSPS) is 16.9. The van der Waals surface area contributed by atoms with Crippen molar-refractivity contribution >= 4 is 50.8 Å². The minimum Gasteiger partial charge on any atom is -0.344 e. The van der Waals surface area contributed by atoms with E-state index in [2.05, 4.69) is 177 Å². The van der Waals surface area contributed by atoms with Gasteiger partial charge in [0.1, 0.15) is 12.0 Å². The summed E-state index contributed by atoms with van der Waals surface area (Å²) in [4.78, 5) is 12.2. The fourth-order valence-electron chi connectivity index (χ4n) is 8.12. The first-order valence-corrected chi connectivity index (χ1v) is 20.4. The highest BCUT2D eigenvalue weighted by Crippen LogP contribution is 2.42. The summed E-state index contributed by atoms with van der Waals surface area (Å²) in [6, 6.07) is 44.9. The zero-order valence-electron chi connectivity index (χ0n) is 32.1. The third-order valence-electron chi connectivity index (χ3n) is 10.9. The van der Waals surface area contributed by atoms with Crippen LogP contribution in [0.15, 0.2) is 203 Å². The van der Waals surface area contributed by atoms with Crippen LogP contribution < -0.4 is 5.32 Å². The second-order valence-electron chi connectivity index (χ2n) is 14.7. The summed E-state index contributed by atoms with van der Waals surface area (Å²) in [6.07, 6.45) is 17.6. The molecule has 0 amide bonds. The van der Waals surface area contributed by atoms with Crippen LogP contribution in [0.3, 0.4) is 0 Å². The minimum atomic E-state index is -0.364. The Labute approximate surface area is 339 Å². The maximum absolute atomic E-state index is 5.47. The number of fused-ring (bicyclic) bond motifs is 3. The molecule has 9 rings (SSSR count). The predicted molar refractivity (Wildman–Crippen MR) is 245 cm³/mol. The molecule has 0 fully saturated rings. The lowest BCUT2D eigenvalue weighted by molar-refractivity contribution is 0.730. The van der Waals surface area contributed by atoms with Crippen molar-refractivity contribution in [1.82, 2.24) is 5.32 Å². The quantitative estimate of drug-likeness (QED) is 0.147. The molecular weight excluding hydrogens is 711 g/mol. The summed E-state index contributed by atoms with van der Waals surface area (Å²) in [5, 5.41) is 4.95. The van der Waals surface area contributed by atoms with Gasteiger partial charge in [-0.15, -0.1) is 11.3 Å². The number of allylic oxidation sites excluding steroid dienone is 8. The molecule has 0 bridgehead atoms. The number of hydrogen-bond acceptors (Lipinski definition) is 4. The lowest BCUT2D eigenvalue weighted by Crippen LogP contribution is -2.40. The van der Waals surface area contributed by atoms with Crippen LogP contribution in [-0.4, -0.2) is 17.8 Å². The Balaban J connectivity index is 1.19. The van der Waals surface area contributed by atoms with Crippen molar-refractivity contribution in [2.75, 3.05) is 0 Å². The Morgan fingerprint density at radius 2 is 1.54 bits per heavy atom. The van der Waals surface area contributed by atoms with Crippen LogP contribution in [0.1, 0.15) is 51.1 Å². The van der Waals surface area contributed by atoms with Crippen LogP contribution in [0, 0.1) is 6.92 Å². The van der Waals surface area contributed by atoms with E-state index in [-0.39, 0.29) is 6.17 Å². The molecule has 1 aromatic heterocycles. The van der Waals surface area contributed by atoms with Gasteiger partial charge in [-0.05, 0) is 106 Å². The van der Waals surface area contributed by atoms with Gasteiger partial charge in [-0.2, -0.15) is 0 Å². The van der Waals surface area contributed by atoms with Gasteiger partial charge < -0.3 is 5.32 Å². The maximum Gasteiger partial charge on any atom is 0.160 e. The van der Waals surface area contributed by atoms with E-state index < -0.39 is 0 Å². The molecule has 2 aliphatic carbocycles. The van der Waals surface area contributed by atoms with Gasteiger partial charge in [-0.1, -0.05) is 159 Å². The average Bonchev–Trinajstić information content (AvgIpc) is 3.64. The zero-order chi connectivity index (χ0) is 38.7. The van der Waals surface area contributed by atoms with Crippen LogP contribution in [-0.2, 0) is 6.42 Å². The van der Waals surface area contributed by atoms with E-state index in [0.717, 1.165) is 58.8 Å². The highest BCUT2D eigenvalue weighted by Gasteiger charge is 2.29. The number of aryl methyl sites for hydroxylation is 2. The van der Waals surface area contributed by atoms with E-state index in [1.54, 1.807) is 0 Å². The van der Waals surface area contributed by atoms with Gasteiger partial charge >= 0.3 is 0 Å². The standard InChI is InChI=1S/C53H43N3S/c1-4-5-20-41(33-37-19-15-25-40(32-37)38-21-8-6-9-22-38)42-30-31-47-46(34-42)50-45(28-16-29-48(50)57-47)53-55-51(39-23-10-7-11-24-39)54-52(56-53)44-27-14-18-36(3)49(44)43-26-13-12-17-35(43)2/h4-17,19-29,32-34,52H,1,3,18,30-31H2,2H3,(H,54,55,56)/b20-5-,41-33?. The van der Waals surface area contributed by atoms with Gasteiger partial charge in [0.25, 0.3) is 0 Å².